The molecule has 128 valence electrons. The summed E-state index contributed by atoms with van der Waals surface area (Å²) in [6.07, 6.45) is 3.73. The van der Waals surface area contributed by atoms with Crippen molar-refractivity contribution in [1.82, 2.24) is 15.2 Å². The molecule has 0 fully saturated rings. The maximum Gasteiger partial charge on any atom is 0.292 e. The van der Waals surface area contributed by atoms with Gasteiger partial charge in [-0.3, -0.25) is 9.59 Å². The highest BCUT2D eigenvalue weighted by Gasteiger charge is 2.16. The second-order valence-electron chi connectivity index (χ2n) is 5.81. The van der Waals surface area contributed by atoms with Gasteiger partial charge in [0.25, 0.3) is 11.5 Å². The molecule has 0 atom stereocenters. The van der Waals surface area contributed by atoms with E-state index in [0.717, 1.165) is 31.4 Å². The summed E-state index contributed by atoms with van der Waals surface area (Å²) < 4.78 is 1.35. The topological polar surface area (TPSA) is 76.3 Å². The van der Waals surface area contributed by atoms with Crippen molar-refractivity contribution in [2.45, 2.75) is 53.0 Å². The molecule has 0 spiro atoms. The molecule has 0 bridgehead atoms. The number of unbranched alkanes of at least 4 members (excludes halogenated alkanes) is 1. The zero-order valence-electron chi connectivity index (χ0n) is 14.5. The maximum absolute atomic E-state index is 12.5. The highest BCUT2D eigenvalue weighted by molar-refractivity contribution is 6.05. The van der Waals surface area contributed by atoms with Crippen molar-refractivity contribution in [3.63, 3.8) is 0 Å². The standard InChI is InChI=1S/C18H24N4O2/c1-4-6-9-13(3)19-20-17(23)16-14-10-7-8-11-15(14)18(24)22(21-16)12-5-2/h7-8,10-11H,4-6,9,12H2,1-3H3,(H,20,23)/b19-13-. The minimum Gasteiger partial charge on any atom is -0.267 e. The van der Waals surface area contributed by atoms with E-state index in [1.165, 1.54) is 4.68 Å². The summed E-state index contributed by atoms with van der Waals surface area (Å²) >= 11 is 0. The predicted molar refractivity (Wildman–Crippen MR) is 96.4 cm³/mol. The lowest BCUT2D eigenvalue weighted by molar-refractivity contribution is 0.0949. The number of benzene rings is 1. The molecule has 2 rings (SSSR count). The van der Waals surface area contributed by atoms with Gasteiger partial charge in [0.1, 0.15) is 0 Å². The van der Waals surface area contributed by atoms with Crippen molar-refractivity contribution >= 4 is 22.4 Å². The molecular formula is C18H24N4O2. The Hall–Kier alpha value is -2.50. The lowest BCUT2D eigenvalue weighted by atomic mass is 10.1. The molecule has 6 heteroatoms. The van der Waals surface area contributed by atoms with Gasteiger partial charge >= 0.3 is 0 Å². The van der Waals surface area contributed by atoms with E-state index in [-0.39, 0.29) is 11.3 Å². The Morgan fingerprint density at radius 3 is 2.58 bits per heavy atom. The number of rotatable bonds is 7. The number of fused-ring (bicyclic) bond motifs is 1. The second-order valence-corrected chi connectivity index (χ2v) is 5.81. The van der Waals surface area contributed by atoms with E-state index in [4.69, 9.17) is 0 Å². The summed E-state index contributed by atoms with van der Waals surface area (Å²) in [5, 5.41) is 9.43. The number of carbonyl (C=O) groups is 1. The fourth-order valence-corrected chi connectivity index (χ4v) is 2.45. The third-order valence-electron chi connectivity index (χ3n) is 3.76. The van der Waals surface area contributed by atoms with E-state index in [1.54, 1.807) is 24.3 Å². The first-order valence-electron chi connectivity index (χ1n) is 8.41. The molecular weight excluding hydrogens is 304 g/mol. The molecule has 24 heavy (non-hydrogen) atoms. The Kier molecular flexibility index (Phi) is 6.23. The van der Waals surface area contributed by atoms with Crippen LogP contribution in [0.15, 0.2) is 34.2 Å². The van der Waals surface area contributed by atoms with Gasteiger partial charge in [-0.05, 0) is 32.3 Å². The third kappa shape index (κ3) is 4.07. The number of nitrogens with one attached hydrogen (secondary N) is 1. The molecule has 1 heterocycles. The third-order valence-corrected chi connectivity index (χ3v) is 3.76. The first kappa shape index (κ1) is 17.8. The van der Waals surface area contributed by atoms with E-state index in [9.17, 15) is 9.59 Å². The zero-order chi connectivity index (χ0) is 17.5. The summed E-state index contributed by atoms with van der Waals surface area (Å²) in [6, 6.07) is 7.04. The Morgan fingerprint density at radius 2 is 1.92 bits per heavy atom. The van der Waals surface area contributed by atoms with Gasteiger partial charge in [-0.2, -0.15) is 10.2 Å². The van der Waals surface area contributed by atoms with Crippen LogP contribution in [0.25, 0.3) is 10.8 Å². The molecule has 1 N–H and O–H groups in total. The van der Waals surface area contributed by atoms with Crippen molar-refractivity contribution in [2.75, 3.05) is 0 Å². The van der Waals surface area contributed by atoms with Gasteiger partial charge in [0.15, 0.2) is 5.69 Å². The van der Waals surface area contributed by atoms with Gasteiger partial charge in [-0.1, -0.05) is 38.5 Å². The van der Waals surface area contributed by atoms with Crippen LogP contribution in [0.1, 0.15) is 56.9 Å². The van der Waals surface area contributed by atoms with Gasteiger partial charge < -0.3 is 0 Å². The smallest absolute Gasteiger partial charge is 0.267 e. The van der Waals surface area contributed by atoms with Crippen molar-refractivity contribution < 1.29 is 4.79 Å². The molecule has 2 aromatic rings. The van der Waals surface area contributed by atoms with E-state index in [2.05, 4.69) is 22.5 Å². The zero-order valence-corrected chi connectivity index (χ0v) is 14.5. The SMILES string of the molecule is CCCC/C(C)=N\NC(=O)c1nn(CCC)c(=O)c2ccccc12. The maximum atomic E-state index is 12.5. The Morgan fingerprint density at radius 1 is 1.21 bits per heavy atom. The van der Waals surface area contributed by atoms with Crippen molar-refractivity contribution in [1.29, 1.82) is 0 Å². The summed E-state index contributed by atoms with van der Waals surface area (Å²) in [7, 11) is 0. The molecule has 0 aliphatic rings. The Bertz CT molecular complexity index is 808. The largest absolute Gasteiger partial charge is 0.292 e. The quantitative estimate of drug-likeness (QED) is 0.627. The van der Waals surface area contributed by atoms with Crippen LogP contribution in [0, 0.1) is 0 Å². The van der Waals surface area contributed by atoms with E-state index >= 15 is 0 Å². The monoisotopic (exact) mass is 328 g/mol. The predicted octanol–water partition coefficient (Wildman–Crippen LogP) is 3.10. The molecule has 6 nitrogen and oxygen atoms in total. The van der Waals surface area contributed by atoms with E-state index in [1.807, 2.05) is 13.8 Å². The number of aromatic nitrogens is 2. The van der Waals surface area contributed by atoms with Gasteiger partial charge in [0.2, 0.25) is 0 Å². The molecule has 0 aliphatic heterocycles. The minimum absolute atomic E-state index is 0.174. The minimum atomic E-state index is -0.396. The highest BCUT2D eigenvalue weighted by Crippen LogP contribution is 2.13. The lowest BCUT2D eigenvalue weighted by Crippen LogP contribution is -2.29. The number of hydrazone groups is 1. The number of hydrogen-bond acceptors (Lipinski definition) is 4. The van der Waals surface area contributed by atoms with Gasteiger partial charge in [0.05, 0.1) is 5.39 Å². The Labute approximate surface area is 141 Å². The molecule has 0 radical (unpaired) electrons. The summed E-state index contributed by atoms with van der Waals surface area (Å²) in [4.78, 5) is 24.9. The average Bonchev–Trinajstić information content (AvgIpc) is 2.60. The molecule has 1 aromatic heterocycles. The summed E-state index contributed by atoms with van der Waals surface area (Å²) in [5.74, 6) is -0.396. The van der Waals surface area contributed by atoms with Crippen LogP contribution in [-0.2, 0) is 6.54 Å². The molecule has 1 amide bonds. The summed E-state index contributed by atoms with van der Waals surface area (Å²) in [5.41, 5.74) is 3.48. The fourth-order valence-electron chi connectivity index (χ4n) is 2.45. The molecule has 0 saturated carbocycles. The Balaban J connectivity index is 2.38. The fraction of sp³-hybridized carbons (Fsp3) is 0.444. The van der Waals surface area contributed by atoms with E-state index < -0.39 is 5.91 Å². The first-order chi connectivity index (χ1) is 11.6. The van der Waals surface area contributed by atoms with Crippen molar-refractivity contribution in [3.8, 4) is 0 Å². The van der Waals surface area contributed by atoms with Crippen LogP contribution in [0.4, 0.5) is 0 Å². The van der Waals surface area contributed by atoms with Gasteiger partial charge in [0, 0.05) is 17.6 Å². The second kappa shape index (κ2) is 8.38. The number of aryl methyl sites for hydroxylation is 1. The van der Waals surface area contributed by atoms with Crippen LogP contribution >= 0.6 is 0 Å². The number of hydrogen-bond donors (Lipinski definition) is 1. The van der Waals surface area contributed by atoms with Crippen LogP contribution in [-0.4, -0.2) is 21.4 Å². The van der Waals surface area contributed by atoms with Crippen molar-refractivity contribution in [3.05, 3.63) is 40.3 Å². The van der Waals surface area contributed by atoms with Crippen LogP contribution in [0.3, 0.4) is 0 Å². The first-order valence-corrected chi connectivity index (χ1v) is 8.41. The van der Waals surface area contributed by atoms with Crippen LogP contribution in [0.2, 0.25) is 0 Å². The number of amides is 1. The molecule has 0 saturated heterocycles. The molecule has 1 aromatic carbocycles. The van der Waals surface area contributed by atoms with Crippen LogP contribution < -0.4 is 11.0 Å². The molecule has 0 unspecified atom stereocenters. The normalized spacial score (nSPS) is 11.7. The van der Waals surface area contributed by atoms with Crippen LogP contribution in [0.5, 0.6) is 0 Å². The lowest BCUT2D eigenvalue weighted by Gasteiger charge is -2.09. The average molecular weight is 328 g/mol. The molecule has 0 aliphatic carbocycles. The number of nitrogens with zero attached hydrogens (tertiary/aromatic N) is 3. The van der Waals surface area contributed by atoms with Gasteiger partial charge in [-0.25, -0.2) is 10.1 Å². The van der Waals surface area contributed by atoms with E-state index in [0.29, 0.717) is 17.3 Å². The number of carbonyl (C=O) groups excluding carboxylic acids is 1. The van der Waals surface area contributed by atoms with Gasteiger partial charge in [-0.15, -0.1) is 0 Å². The van der Waals surface area contributed by atoms with Crippen molar-refractivity contribution in [2.24, 2.45) is 5.10 Å². The highest BCUT2D eigenvalue weighted by atomic mass is 16.2. The summed E-state index contributed by atoms with van der Waals surface area (Å²) in [6.45, 7) is 6.44.